The third kappa shape index (κ3) is 2.24. The van der Waals surface area contributed by atoms with E-state index in [9.17, 15) is 4.79 Å². The molecule has 1 aliphatic rings. The maximum Gasteiger partial charge on any atom is 0.259 e. The van der Waals surface area contributed by atoms with Gasteiger partial charge in [-0.3, -0.25) is 4.79 Å². The molecular weight excluding hydrogens is 242 g/mol. The molecule has 0 atom stereocenters. The smallest absolute Gasteiger partial charge is 0.259 e. The van der Waals surface area contributed by atoms with Crippen molar-refractivity contribution in [3.63, 3.8) is 0 Å². The lowest BCUT2D eigenvalue weighted by atomic mass is 10.1. The van der Waals surface area contributed by atoms with E-state index >= 15 is 0 Å². The van der Waals surface area contributed by atoms with Crippen LogP contribution in [0.15, 0.2) is 28.9 Å². The molecule has 0 bridgehead atoms. The first-order valence-electron chi connectivity index (χ1n) is 6.66. The van der Waals surface area contributed by atoms with Gasteiger partial charge in [-0.1, -0.05) is 13.0 Å². The van der Waals surface area contributed by atoms with Crippen LogP contribution in [0.5, 0.6) is 0 Å². The topological polar surface area (TPSA) is 42.7 Å². The molecule has 0 N–H and O–H groups in total. The van der Waals surface area contributed by atoms with Crippen LogP contribution in [0.25, 0.3) is 11.0 Å². The second kappa shape index (κ2) is 5.05. The van der Waals surface area contributed by atoms with Crippen LogP contribution >= 0.6 is 0 Å². The third-order valence-electron chi connectivity index (χ3n) is 3.53. The monoisotopic (exact) mass is 259 g/mol. The predicted molar refractivity (Wildman–Crippen MR) is 72.1 cm³/mol. The van der Waals surface area contributed by atoms with E-state index in [-0.39, 0.29) is 5.91 Å². The number of ether oxygens (including phenoxy) is 1. The molecule has 1 aromatic heterocycles. The molecule has 19 heavy (non-hydrogen) atoms. The van der Waals surface area contributed by atoms with Gasteiger partial charge in [0.15, 0.2) is 0 Å². The quantitative estimate of drug-likeness (QED) is 0.833. The minimum Gasteiger partial charge on any atom is -0.463 e. The second-order valence-electron chi connectivity index (χ2n) is 4.79. The highest BCUT2D eigenvalue weighted by molar-refractivity contribution is 6.06. The van der Waals surface area contributed by atoms with Gasteiger partial charge in [-0.05, 0) is 30.5 Å². The molecule has 0 unspecified atom stereocenters. The Bertz CT molecular complexity index is 596. The Kier molecular flexibility index (Phi) is 3.25. The summed E-state index contributed by atoms with van der Waals surface area (Å²) in [4.78, 5) is 14.2. The van der Waals surface area contributed by atoms with E-state index in [0.29, 0.717) is 12.3 Å². The number of nitrogens with zero attached hydrogens (tertiary/aromatic N) is 1. The molecule has 1 amide bonds. The van der Waals surface area contributed by atoms with Gasteiger partial charge in [-0.25, -0.2) is 0 Å². The van der Waals surface area contributed by atoms with Crippen LogP contribution in [0.3, 0.4) is 0 Å². The SMILES string of the molecule is CCc1ccc2occ(C(=O)N3CCCOC3)c2c1. The van der Waals surface area contributed by atoms with Gasteiger partial charge < -0.3 is 14.1 Å². The van der Waals surface area contributed by atoms with Gasteiger partial charge >= 0.3 is 0 Å². The van der Waals surface area contributed by atoms with Crippen molar-refractivity contribution < 1.29 is 13.9 Å². The first kappa shape index (κ1) is 12.2. The predicted octanol–water partition coefficient (Wildman–Crippen LogP) is 2.82. The van der Waals surface area contributed by atoms with Gasteiger partial charge in [0.2, 0.25) is 0 Å². The Morgan fingerprint density at radius 2 is 2.32 bits per heavy atom. The second-order valence-corrected chi connectivity index (χ2v) is 4.79. The van der Waals surface area contributed by atoms with Gasteiger partial charge in [0.25, 0.3) is 5.91 Å². The lowest BCUT2D eigenvalue weighted by Gasteiger charge is -2.26. The third-order valence-corrected chi connectivity index (χ3v) is 3.53. The van der Waals surface area contributed by atoms with Gasteiger partial charge in [0.05, 0.1) is 12.2 Å². The number of carbonyl (C=O) groups is 1. The summed E-state index contributed by atoms with van der Waals surface area (Å²) in [5, 5.41) is 0.898. The average molecular weight is 259 g/mol. The summed E-state index contributed by atoms with van der Waals surface area (Å²) in [6.07, 6.45) is 3.39. The van der Waals surface area contributed by atoms with Crippen molar-refractivity contribution in [2.45, 2.75) is 19.8 Å². The molecule has 0 saturated carbocycles. The van der Waals surface area contributed by atoms with Crippen LogP contribution in [0.1, 0.15) is 29.3 Å². The highest BCUT2D eigenvalue weighted by atomic mass is 16.5. The van der Waals surface area contributed by atoms with E-state index < -0.39 is 0 Å². The van der Waals surface area contributed by atoms with E-state index in [0.717, 1.165) is 37.0 Å². The van der Waals surface area contributed by atoms with E-state index in [1.807, 2.05) is 18.2 Å². The molecule has 100 valence electrons. The minimum absolute atomic E-state index is 0.00768. The number of hydrogen-bond donors (Lipinski definition) is 0. The van der Waals surface area contributed by atoms with E-state index in [1.165, 1.54) is 5.56 Å². The number of benzene rings is 1. The van der Waals surface area contributed by atoms with E-state index in [1.54, 1.807) is 11.2 Å². The Labute approximate surface area is 111 Å². The molecule has 2 aromatic rings. The largest absolute Gasteiger partial charge is 0.463 e. The van der Waals surface area contributed by atoms with Gasteiger partial charge in [-0.2, -0.15) is 0 Å². The average Bonchev–Trinajstić information content (AvgIpc) is 2.90. The zero-order chi connectivity index (χ0) is 13.2. The van der Waals surface area contributed by atoms with Crippen molar-refractivity contribution in [2.24, 2.45) is 0 Å². The van der Waals surface area contributed by atoms with Crippen molar-refractivity contribution in [1.82, 2.24) is 4.90 Å². The van der Waals surface area contributed by atoms with Crippen LogP contribution in [0.4, 0.5) is 0 Å². The molecule has 4 heteroatoms. The van der Waals surface area contributed by atoms with Crippen molar-refractivity contribution in [1.29, 1.82) is 0 Å². The number of carbonyl (C=O) groups excluding carboxylic acids is 1. The maximum atomic E-state index is 12.5. The Balaban J connectivity index is 1.97. The standard InChI is InChI=1S/C15H17NO3/c1-2-11-4-5-14-12(8-11)13(9-19-14)15(17)16-6-3-7-18-10-16/h4-5,8-9H,2-3,6-7,10H2,1H3. The molecule has 2 heterocycles. The molecule has 1 aromatic carbocycles. The van der Waals surface area contributed by atoms with Crippen LogP contribution in [0, 0.1) is 0 Å². The van der Waals surface area contributed by atoms with E-state index in [4.69, 9.17) is 9.15 Å². The summed E-state index contributed by atoms with van der Waals surface area (Å²) in [6.45, 7) is 3.95. The van der Waals surface area contributed by atoms with Gasteiger partial charge in [0.1, 0.15) is 18.6 Å². The fourth-order valence-electron chi connectivity index (χ4n) is 2.39. The molecule has 1 saturated heterocycles. The van der Waals surface area contributed by atoms with E-state index in [2.05, 4.69) is 6.92 Å². The van der Waals surface area contributed by atoms with Crippen molar-refractivity contribution in [3.05, 3.63) is 35.6 Å². The summed E-state index contributed by atoms with van der Waals surface area (Å²) in [5.74, 6) is -0.00768. The van der Waals surface area contributed by atoms with Gasteiger partial charge in [0, 0.05) is 11.9 Å². The molecule has 1 fully saturated rings. The lowest BCUT2D eigenvalue weighted by Crippen LogP contribution is -2.38. The highest BCUT2D eigenvalue weighted by Gasteiger charge is 2.22. The molecular formula is C15H17NO3. The zero-order valence-corrected chi connectivity index (χ0v) is 11.0. The first-order valence-corrected chi connectivity index (χ1v) is 6.66. The molecule has 1 aliphatic heterocycles. The summed E-state index contributed by atoms with van der Waals surface area (Å²) in [6, 6.07) is 6.00. The number of furan rings is 1. The number of aryl methyl sites for hydroxylation is 1. The van der Waals surface area contributed by atoms with Crippen LogP contribution in [-0.4, -0.2) is 30.7 Å². The maximum absolute atomic E-state index is 12.5. The van der Waals surface area contributed by atoms with Crippen LogP contribution in [0.2, 0.25) is 0 Å². The molecule has 0 spiro atoms. The Morgan fingerprint density at radius 3 is 3.05 bits per heavy atom. The normalized spacial score (nSPS) is 15.9. The lowest BCUT2D eigenvalue weighted by molar-refractivity contribution is -0.00564. The van der Waals surface area contributed by atoms with Crippen molar-refractivity contribution in [3.8, 4) is 0 Å². The first-order chi connectivity index (χ1) is 9.29. The van der Waals surface area contributed by atoms with Crippen molar-refractivity contribution in [2.75, 3.05) is 19.9 Å². The minimum atomic E-state index is -0.00768. The molecule has 4 nitrogen and oxygen atoms in total. The molecule has 3 rings (SSSR count). The molecule has 0 aliphatic carbocycles. The molecule has 0 radical (unpaired) electrons. The fraction of sp³-hybridized carbons (Fsp3) is 0.400. The Morgan fingerprint density at radius 1 is 1.42 bits per heavy atom. The zero-order valence-electron chi connectivity index (χ0n) is 11.0. The number of hydrogen-bond acceptors (Lipinski definition) is 3. The summed E-state index contributed by atoms with van der Waals surface area (Å²) in [7, 11) is 0. The van der Waals surface area contributed by atoms with Gasteiger partial charge in [-0.15, -0.1) is 0 Å². The Hall–Kier alpha value is -1.81. The highest BCUT2D eigenvalue weighted by Crippen LogP contribution is 2.24. The number of fused-ring (bicyclic) bond motifs is 1. The van der Waals surface area contributed by atoms with Crippen molar-refractivity contribution >= 4 is 16.9 Å². The van der Waals surface area contributed by atoms with Crippen LogP contribution < -0.4 is 0 Å². The van der Waals surface area contributed by atoms with Crippen LogP contribution in [-0.2, 0) is 11.2 Å². The fourth-order valence-corrected chi connectivity index (χ4v) is 2.39. The summed E-state index contributed by atoms with van der Waals surface area (Å²) >= 11 is 0. The summed E-state index contributed by atoms with van der Waals surface area (Å²) in [5.41, 5.74) is 2.60. The summed E-state index contributed by atoms with van der Waals surface area (Å²) < 4.78 is 10.8. The number of rotatable bonds is 2. The number of amides is 1.